The highest BCUT2D eigenvalue weighted by Gasteiger charge is 2.38. The van der Waals surface area contributed by atoms with E-state index >= 15 is 0 Å². The Morgan fingerprint density at radius 2 is 1.80 bits per heavy atom. The molecule has 0 spiro atoms. The molecule has 10 heteroatoms. The van der Waals surface area contributed by atoms with E-state index < -0.39 is 5.97 Å². The van der Waals surface area contributed by atoms with Crippen LogP contribution in [0.1, 0.15) is 47.1 Å². The number of ether oxygens (including phenoxy) is 1. The van der Waals surface area contributed by atoms with Crippen molar-refractivity contribution in [2.24, 2.45) is 11.8 Å². The minimum Gasteiger partial charge on any atom is -0.462 e. The van der Waals surface area contributed by atoms with E-state index in [2.05, 4.69) is 10.3 Å². The number of hydrogen-bond donors (Lipinski definition) is 1. The molecule has 0 saturated carbocycles. The first-order chi connectivity index (χ1) is 16.8. The Labute approximate surface area is 208 Å². The number of aromatic nitrogens is 1. The van der Waals surface area contributed by atoms with Crippen LogP contribution in [0.5, 0.6) is 0 Å². The number of likely N-dealkylation sites (tertiary alicyclic amines) is 1. The molecule has 3 amide bonds. The number of anilines is 2. The van der Waals surface area contributed by atoms with E-state index in [-0.39, 0.29) is 42.6 Å². The highest BCUT2D eigenvalue weighted by atomic mass is 32.1. The maximum absolute atomic E-state index is 13.1. The first-order valence-corrected chi connectivity index (χ1v) is 12.7. The third kappa shape index (κ3) is 5.53. The van der Waals surface area contributed by atoms with E-state index in [1.165, 1.54) is 0 Å². The minimum absolute atomic E-state index is 0.0264. The number of carbonyl (C=O) groups is 4. The molecule has 1 aromatic heterocycles. The molecular formula is C25H30N4O5S. The molecule has 4 rings (SSSR count). The van der Waals surface area contributed by atoms with Crippen molar-refractivity contribution in [1.82, 2.24) is 9.88 Å². The highest BCUT2D eigenvalue weighted by molar-refractivity contribution is 7.17. The zero-order chi connectivity index (χ0) is 25.1. The number of amides is 3. The average molecular weight is 499 g/mol. The molecule has 3 heterocycles. The number of aryl methyl sites for hydroxylation is 2. The Kier molecular flexibility index (Phi) is 7.49. The van der Waals surface area contributed by atoms with Crippen molar-refractivity contribution in [3.05, 3.63) is 40.4 Å². The molecule has 2 fully saturated rings. The molecule has 9 nitrogen and oxygen atoms in total. The summed E-state index contributed by atoms with van der Waals surface area (Å²) >= 11 is 1.10. The number of nitrogens with zero attached hydrogens (tertiary/aromatic N) is 3. The summed E-state index contributed by atoms with van der Waals surface area (Å²) < 4.78 is 5.02. The number of hydrogen-bond acceptors (Lipinski definition) is 7. The number of benzene rings is 1. The van der Waals surface area contributed by atoms with Crippen LogP contribution in [-0.2, 0) is 19.1 Å². The van der Waals surface area contributed by atoms with E-state index in [4.69, 9.17) is 4.74 Å². The van der Waals surface area contributed by atoms with Gasteiger partial charge in [0, 0.05) is 37.7 Å². The number of piperidine rings is 1. The van der Waals surface area contributed by atoms with Gasteiger partial charge >= 0.3 is 5.97 Å². The first-order valence-electron chi connectivity index (χ1n) is 11.9. The predicted molar refractivity (Wildman–Crippen MR) is 132 cm³/mol. The zero-order valence-electron chi connectivity index (χ0n) is 20.2. The Hall–Kier alpha value is -3.27. The van der Waals surface area contributed by atoms with E-state index in [9.17, 15) is 19.2 Å². The molecule has 2 aliphatic rings. The molecule has 2 saturated heterocycles. The quantitative estimate of drug-likeness (QED) is 0.613. The second kappa shape index (κ2) is 10.6. The van der Waals surface area contributed by atoms with Crippen LogP contribution in [0.3, 0.4) is 0 Å². The minimum atomic E-state index is -0.443. The maximum Gasteiger partial charge on any atom is 0.350 e. The van der Waals surface area contributed by atoms with Crippen molar-refractivity contribution in [3.8, 4) is 0 Å². The highest BCUT2D eigenvalue weighted by Crippen LogP contribution is 2.29. The van der Waals surface area contributed by atoms with Crippen molar-refractivity contribution in [2.75, 3.05) is 36.5 Å². The fourth-order valence-corrected chi connectivity index (χ4v) is 5.37. The molecule has 1 N–H and O–H groups in total. The summed E-state index contributed by atoms with van der Waals surface area (Å²) in [6.07, 6.45) is 1.28. The Morgan fingerprint density at radius 3 is 2.46 bits per heavy atom. The van der Waals surface area contributed by atoms with Crippen molar-refractivity contribution >= 4 is 45.8 Å². The number of rotatable bonds is 6. The van der Waals surface area contributed by atoms with Gasteiger partial charge in [-0.05, 0) is 45.7 Å². The second-order valence-corrected chi connectivity index (χ2v) is 9.98. The van der Waals surface area contributed by atoms with Crippen molar-refractivity contribution in [1.29, 1.82) is 0 Å². The van der Waals surface area contributed by atoms with E-state index in [1.54, 1.807) is 23.6 Å². The van der Waals surface area contributed by atoms with Crippen LogP contribution in [0.15, 0.2) is 24.3 Å². The van der Waals surface area contributed by atoms with Crippen LogP contribution >= 0.6 is 11.3 Å². The summed E-state index contributed by atoms with van der Waals surface area (Å²) in [6.45, 7) is 7.02. The van der Waals surface area contributed by atoms with Gasteiger partial charge in [0.2, 0.25) is 17.7 Å². The molecule has 1 atom stereocenters. The Balaban J connectivity index is 1.29. The average Bonchev–Trinajstić information content (AvgIpc) is 3.41. The van der Waals surface area contributed by atoms with Gasteiger partial charge in [-0.2, -0.15) is 0 Å². The van der Waals surface area contributed by atoms with Gasteiger partial charge in [0.1, 0.15) is 4.88 Å². The molecular weight excluding hydrogens is 468 g/mol. The normalized spacial score (nSPS) is 18.6. The van der Waals surface area contributed by atoms with Crippen LogP contribution in [0, 0.1) is 25.7 Å². The number of esters is 1. The summed E-state index contributed by atoms with van der Waals surface area (Å²) in [6, 6.07) is 7.73. The summed E-state index contributed by atoms with van der Waals surface area (Å²) in [5, 5.41) is 3.18. The lowest BCUT2D eigenvalue weighted by Crippen LogP contribution is -2.44. The van der Waals surface area contributed by atoms with Crippen LogP contribution in [0.2, 0.25) is 0 Å². The predicted octanol–water partition coefficient (Wildman–Crippen LogP) is 3.17. The largest absolute Gasteiger partial charge is 0.462 e. The first kappa shape index (κ1) is 24.8. The summed E-state index contributed by atoms with van der Waals surface area (Å²) in [5.41, 5.74) is 2.45. The molecule has 1 unspecified atom stereocenters. The molecule has 1 aromatic carbocycles. The summed E-state index contributed by atoms with van der Waals surface area (Å²) in [4.78, 5) is 58.5. The molecule has 186 valence electrons. The maximum atomic E-state index is 13.1. The van der Waals surface area contributed by atoms with Crippen LogP contribution < -0.4 is 10.2 Å². The van der Waals surface area contributed by atoms with Gasteiger partial charge in [-0.3, -0.25) is 14.4 Å². The standard InChI is InChI=1S/C25H30N4O5S/c1-4-34-24(33)21-16(3)26-25(35-21)27-22(31)17-9-11-28(12-10-17)23(32)18-13-20(30)29(14-18)19-7-5-15(2)6-8-19/h5-8,17-18H,4,9-14H2,1-3H3,(H,26,27,31). The number of carbonyl (C=O) groups excluding carboxylic acids is 4. The van der Waals surface area contributed by atoms with Gasteiger partial charge in [-0.15, -0.1) is 0 Å². The van der Waals surface area contributed by atoms with Gasteiger partial charge in [0.05, 0.1) is 18.2 Å². The molecule has 0 radical (unpaired) electrons. The summed E-state index contributed by atoms with van der Waals surface area (Å²) in [7, 11) is 0. The number of nitrogens with one attached hydrogen (secondary N) is 1. The van der Waals surface area contributed by atoms with E-state index in [0.29, 0.717) is 48.2 Å². The smallest absolute Gasteiger partial charge is 0.350 e. The van der Waals surface area contributed by atoms with Gasteiger partial charge < -0.3 is 19.9 Å². The Morgan fingerprint density at radius 1 is 1.11 bits per heavy atom. The third-order valence-corrected chi connectivity index (χ3v) is 7.54. The number of thiazole rings is 1. The van der Waals surface area contributed by atoms with Crippen LogP contribution in [0.25, 0.3) is 0 Å². The molecule has 2 aromatic rings. The lowest BCUT2D eigenvalue weighted by Gasteiger charge is -2.32. The molecule has 0 aliphatic carbocycles. The van der Waals surface area contributed by atoms with E-state index in [1.807, 2.05) is 31.2 Å². The zero-order valence-corrected chi connectivity index (χ0v) is 21.0. The van der Waals surface area contributed by atoms with Crippen molar-refractivity contribution in [3.63, 3.8) is 0 Å². The molecule has 0 bridgehead atoms. The van der Waals surface area contributed by atoms with Gasteiger partial charge in [-0.1, -0.05) is 29.0 Å². The molecule has 35 heavy (non-hydrogen) atoms. The van der Waals surface area contributed by atoms with E-state index in [0.717, 1.165) is 22.6 Å². The lowest BCUT2D eigenvalue weighted by molar-refractivity contribution is -0.138. The fraction of sp³-hybridized carbons (Fsp3) is 0.480. The van der Waals surface area contributed by atoms with Crippen molar-refractivity contribution < 1.29 is 23.9 Å². The molecule has 2 aliphatic heterocycles. The summed E-state index contributed by atoms with van der Waals surface area (Å²) in [5.74, 6) is -1.29. The van der Waals surface area contributed by atoms with Crippen LogP contribution in [-0.4, -0.2) is 59.8 Å². The monoisotopic (exact) mass is 498 g/mol. The second-order valence-electron chi connectivity index (χ2n) is 8.98. The fourth-order valence-electron chi connectivity index (χ4n) is 4.51. The van der Waals surface area contributed by atoms with Gasteiger partial charge in [-0.25, -0.2) is 9.78 Å². The SMILES string of the molecule is CCOC(=O)c1sc(NC(=O)C2CCN(C(=O)C3CC(=O)N(c4ccc(C)cc4)C3)CC2)nc1C. The van der Waals surface area contributed by atoms with Crippen LogP contribution in [0.4, 0.5) is 10.8 Å². The van der Waals surface area contributed by atoms with Gasteiger partial charge in [0.15, 0.2) is 5.13 Å². The lowest BCUT2D eigenvalue weighted by atomic mass is 9.94. The van der Waals surface area contributed by atoms with Crippen molar-refractivity contribution in [2.45, 2.75) is 40.0 Å². The van der Waals surface area contributed by atoms with Gasteiger partial charge in [0.25, 0.3) is 0 Å². The Bertz CT molecular complexity index is 1120. The topological polar surface area (TPSA) is 109 Å². The third-order valence-electron chi connectivity index (χ3n) is 6.48.